The first-order chi connectivity index (χ1) is 9.55. The fourth-order valence-corrected chi connectivity index (χ4v) is 2.07. The second kappa shape index (κ2) is 6.61. The zero-order valence-corrected chi connectivity index (χ0v) is 14.2. The van der Waals surface area contributed by atoms with E-state index in [1.54, 1.807) is 0 Å². The number of carbonyl (C=O) groups excluding carboxylic acids is 1. The van der Waals surface area contributed by atoms with Crippen LogP contribution in [0.5, 0.6) is 0 Å². The molecule has 1 aromatic carbocycles. The van der Waals surface area contributed by atoms with Crippen LogP contribution in [-0.2, 0) is 4.79 Å². The maximum Gasteiger partial charge on any atom is 0.227 e. The van der Waals surface area contributed by atoms with Crippen molar-refractivity contribution in [1.82, 2.24) is 5.32 Å². The number of amides is 1. The number of rotatable bonds is 6. The smallest absolute Gasteiger partial charge is 0.227 e. The van der Waals surface area contributed by atoms with Crippen molar-refractivity contribution >= 4 is 5.91 Å². The molecule has 0 saturated heterocycles. The highest BCUT2D eigenvalue weighted by Crippen LogP contribution is 2.30. The molecule has 0 spiro atoms. The number of nitrogens with one attached hydrogen (secondary N) is 1. The Balaban J connectivity index is 2.95. The third-order valence-electron chi connectivity index (χ3n) is 4.39. The van der Waals surface area contributed by atoms with Crippen LogP contribution >= 0.6 is 0 Å². The van der Waals surface area contributed by atoms with Gasteiger partial charge in [-0.25, -0.2) is 0 Å². The monoisotopic (exact) mass is 290 g/mol. The van der Waals surface area contributed by atoms with E-state index in [0.29, 0.717) is 5.92 Å². The van der Waals surface area contributed by atoms with Gasteiger partial charge in [0.2, 0.25) is 5.91 Å². The molecule has 0 heterocycles. The molecule has 0 saturated carbocycles. The Morgan fingerprint density at radius 1 is 1.14 bits per heavy atom. The van der Waals surface area contributed by atoms with Crippen molar-refractivity contribution in [3.63, 3.8) is 0 Å². The van der Waals surface area contributed by atoms with Crippen molar-refractivity contribution in [2.75, 3.05) is 0 Å². The van der Waals surface area contributed by atoms with Crippen molar-refractivity contribution in [2.24, 2.45) is 17.1 Å². The second-order valence-electron chi connectivity index (χ2n) is 7.41. The number of hydrogen-bond donors (Lipinski definition) is 2. The van der Waals surface area contributed by atoms with E-state index in [1.165, 1.54) is 0 Å². The zero-order chi connectivity index (χ0) is 16.3. The molecule has 3 nitrogen and oxygen atoms in total. The molecule has 0 aromatic heterocycles. The lowest BCUT2D eigenvalue weighted by molar-refractivity contribution is -0.133. The van der Waals surface area contributed by atoms with Gasteiger partial charge in [0.1, 0.15) is 0 Å². The maximum absolute atomic E-state index is 12.7. The molecule has 0 aliphatic rings. The van der Waals surface area contributed by atoms with E-state index in [9.17, 15) is 4.79 Å². The molecular formula is C18H30N2O. The molecule has 1 unspecified atom stereocenters. The van der Waals surface area contributed by atoms with Crippen LogP contribution in [0.4, 0.5) is 0 Å². The zero-order valence-electron chi connectivity index (χ0n) is 14.2. The van der Waals surface area contributed by atoms with Crippen molar-refractivity contribution < 1.29 is 4.79 Å². The minimum Gasteiger partial charge on any atom is -0.349 e. The number of nitrogens with two attached hydrogens (primary N) is 1. The Morgan fingerprint density at radius 3 is 2.10 bits per heavy atom. The summed E-state index contributed by atoms with van der Waals surface area (Å²) in [6, 6.07) is 10.2. The van der Waals surface area contributed by atoms with E-state index < -0.39 is 11.0 Å². The highest BCUT2D eigenvalue weighted by Gasteiger charge is 2.41. The second-order valence-corrected chi connectivity index (χ2v) is 7.41. The summed E-state index contributed by atoms with van der Waals surface area (Å²) in [4.78, 5) is 12.7. The summed E-state index contributed by atoms with van der Waals surface area (Å²) in [6.07, 6.45) is 0.914. The van der Waals surface area contributed by atoms with Crippen LogP contribution in [0.15, 0.2) is 30.3 Å². The van der Waals surface area contributed by atoms with Gasteiger partial charge in [0.05, 0.1) is 11.5 Å². The molecule has 1 amide bonds. The van der Waals surface area contributed by atoms with Gasteiger partial charge in [-0.05, 0) is 45.6 Å². The van der Waals surface area contributed by atoms with E-state index in [1.807, 2.05) is 45.9 Å². The van der Waals surface area contributed by atoms with Crippen LogP contribution < -0.4 is 11.1 Å². The Hall–Kier alpha value is -1.35. The third-order valence-corrected chi connectivity index (χ3v) is 4.39. The standard InChI is InChI=1S/C18H30N2O/c1-13(2)12-15(14-10-8-7-9-11-14)20-16(21)17(3,4)18(5,6)19/h7-11,13,15H,12,19H2,1-6H3,(H,20,21). The summed E-state index contributed by atoms with van der Waals surface area (Å²) >= 11 is 0. The van der Waals surface area contributed by atoms with Crippen LogP contribution in [0.2, 0.25) is 0 Å². The average molecular weight is 290 g/mol. The lowest BCUT2D eigenvalue weighted by Gasteiger charge is -2.38. The van der Waals surface area contributed by atoms with E-state index in [4.69, 9.17) is 5.73 Å². The van der Waals surface area contributed by atoms with Gasteiger partial charge in [-0.15, -0.1) is 0 Å². The van der Waals surface area contributed by atoms with E-state index in [0.717, 1.165) is 12.0 Å². The van der Waals surface area contributed by atoms with Crippen molar-refractivity contribution in [2.45, 2.75) is 59.5 Å². The van der Waals surface area contributed by atoms with Gasteiger partial charge in [0, 0.05) is 5.54 Å². The van der Waals surface area contributed by atoms with Crippen LogP contribution in [0.1, 0.15) is 59.6 Å². The van der Waals surface area contributed by atoms with E-state index in [2.05, 4.69) is 31.3 Å². The minimum atomic E-state index is -0.628. The predicted octanol–water partition coefficient (Wildman–Crippen LogP) is 3.65. The molecule has 3 N–H and O–H groups in total. The number of benzene rings is 1. The summed E-state index contributed by atoms with van der Waals surface area (Å²) in [5, 5.41) is 3.19. The SMILES string of the molecule is CC(C)CC(NC(=O)C(C)(C)C(C)(C)N)c1ccccc1. The van der Waals surface area contributed by atoms with Gasteiger partial charge < -0.3 is 11.1 Å². The lowest BCUT2D eigenvalue weighted by atomic mass is 9.74. The average Bonchev–Trinajstić information content (AvgIpc) is 2.37. The molecule has 0 bridgehead atoms. The van der Waals surface area contributed by atoms with Crippen LogP contribution in [-0.4, -0.2) is 11.4 Å². The van der Waals surface area contributed by atoms with Crippen LogP contribution in [0.3, 0.4) is 0 Å². The first kappa shape index (κ1) is 17.7. The molecule has 0 fully saturated rings. The summed E-state index contributed by atoms with van der Waals surface area (Å²) in [5.74, 6) is 0.508. The van der Waals surface area contributed by atoms with E-state index in [-0.39, 0.29) is 11.9 Å². The summed E-state index contributed by atoms with van der Waals surface area (Å²) < 4.78 is 0. The van der Waals surface area contributed by atoms with Crippen LogP contribution in [0, 0.1) is 11.3 Å². The predicted molar refractivity (Wildman–Crippen MR) is 88.8 cm³/mol. The van der Waals surface area contributed by atoms with Gasteiger partial charge in [-0.2, -0.15) is 0 Å². The summed E-state index contributed by atoms with van der Waals surface area (Å²) in [6.45, 7) is 11.9. The first-order valence-corrected chi connectivity index (χ1v) is 7.70. The fraction of sp³-hybridized carbons (Fsp3) is 0.611. The minimum absolute atomic E-state index is 0.00417. The topological polar surface area (TPSA) is 55.1 Å². The Labute approximate surface area is 129 Å². The van der Waals surface area contributed by atoms with Gasteiger partial charge in [-0.3, -0.25) is 4.79 Å². The molecule has 21 heavy (non-hydrogen) atoms. The Kier molecular flexibility index (Phi) is 5.57. The van der Waals surface area contributed by atoms with Crippen molar-refractivity contribution in [1.29, 1.82) is 0 Å². The molecule has 1 aromatic rings. The molecule has 118 valence electrons. The molecular weight excluding hydrogens is 260 g/mol. The molecule has 0 aliphatic heterocycles. The van der Waals surface area contributed by atoms with Gasteiger partial charge in [0.15, 0.2) is 0 Å². The molecule has 1 atom stereocenters. The third kappa shape index (κ3) is 4.57. The van der Waals surface area contributed by atoms with Gasteiger partial charge in [-0.1, -0.05) is 44.2 Å². The van der Waals surface area contributed by atoms with Crippen molar-refractivity contribution in [3.05, 3.63) is 35.9 Å². The van der Waals surface area contributed by atoms with Crippen molar-refractivity contribution in [3.8, 4) is 0 Å². The van der Waals surface area contributed by atoms with Crippen LogP contribution in [0.25, 0.3) is 0 Å². The highest BCUT2D eigenvalue weighted by molar-refractivity contribution is 5.83. The lowest BCUT2D eigenvalue weighted by Crippen LogP contribution is -2.56. The fourth-order valence-electron chi connectivity index (χ4n) is 2.07. The maximum atomic E-state index is 12.7. The molecule has 0 aliphatic carbocycles. The molecule has 0 radical (unpaired) electrons. The highest BCUT2D eigenvalue weighted by atomic mass is 16.2. The summed E-state index contributed by atoms with van der Waals surface area (Å²) in [5.41, 5.74) is 6.11. The van der Waals surface area contributed by atoms with Gasteiger partial charge >= 0.3 is 0 Å². The largest absolute Gasteiger partial charge is 0.349 e. The Bertz CT molecular complexity index is 458. The summed E-state index contributed by atoms with van der Waals surface area (Å²) in [7, 11) is 0. The Morgan fingerprint density at radius 2 is 1.67 bits per heavy atom. The first-order valence-electron chi connectivity index (χ1n) is 7.70. The van der Waals surface area contributed by atoms with Gasteiger partial charge in [0.25, 0.3) is 0 Å². The normalized spacial score (nSPS) is 14.1. The molecule has 1 rings (SSSR count). The number of carbonyl (C=O) groups is 1. The number of hydrogen-bond acceptors (Lipinski definition) is 2. The van der Waals surface area contributed by atoms with E-state index >= 15 is 0 Å². The molecule has 3 heteroatoms. The quantitative estimate of drug-likeness (QED) is 0.840.